The zero-order chi connectivity index (χ0) is 12.1. The molecule has 1 heterocycles. The fourth-order valence-corrected chi connectivity index (χ4v) is 1.68. The fraction of sp³-hybridized carbons (Fsp3) is 0.417. The monoisotopic (exact) mass is 235 g/mol. The molecule has 1 unspecified atom stereocenters. The summed E-state index contributed by atoms with van der Waals surface area (Å²) in [5, 5.41) is 12.4. The Morgan fingerprint density at radius 3 is 3.00 bits per heavy atom. The number of rotatable bonds is 6. The van der Waals surface area contributed by atoms with Gasteiger partial charge in [0, 0.05) is 13.7 Å². The van der Waals surface area contributed by atoms with E-state index in [0.717, 1.165) is 17.5 Å². The Balaban J connectivity index is 2.06. The number of hydrogen-bond acceptors (Lipinski definition) is 4. The standard InChI is InChI=1S/C12H17N3O2/c1-17-7-6-9(8-16)13-12-14-10-4-2-3-5-11(10)15-12/h2-5,9,16H,6-8H2,1H3,(H2,13,14,15). The molecule has 0 amide bonds. The van der Waals surface area contributed by atoms with Crippen LogP contribution in [0.25, 0.3) is 11.0 Å². The zero-order valence-corrected chi connectivity index (χ0v) is 9.81. The molecule has 0 bridgehead atoms. The number of aliphatic hydroxyl groups excluding tert-OH is 1. The van der Waals surface area contributed by atoms with Crippen LogP contribution in [0.4, 0.5) is 5.95 Å². The minimum atomic E-state index is -0.0458. The number of para-hydroxylation sites is 2. The van der Waals surface area contributed by atoms with Gasteiger partial charge in [-0.15, -0.1) is 0 Å². The number of aromatic nitrogens is 2. The van der Waals surface area contributed by atoms with Gasteiger partial charge in [0.2, 0.25) is 5.95 Å². The van der Waals surface area contributed by atoms with Gasteiger partial charge in [-0.2, -0.15) is 0 Å². The van der Waals surface area contributed by atoms with Crippen LogP contribution in [0.15, 0.2) is 24.3 Å². The SMILES string of the molecule is COCCC(CO)Nc1nc2ccccc2[nH]1. The smallest absolute Gasteiger partial charge is 0.201 e. The lowest BCUT2D eigenvalue weighted by atomic mass is 10.2. The van der Waals surface area contributed by atoms with E-state index in [4.69, 9.17) is 4.74 Å². The first kappa shape index (κ1) is 11.9. The van der Waals surface area contributed by atoms with Crippen molar-refractivity contribution in [2.45, 2.75) is 12.5 Å². The number of aliphatic hydroxyl groups is 1. The highest BCUT2D eigenvalue weighted by Gasteiger charge is 2.09. The van der Waals surface area contributed by atoms with E-state index in [9.17, 15) is 5.11 Å². The fourth-order valence-electron chi connectivity index (χ4n) is 1.68. The van der Waals surface area contributed by atoms with Crippen molar-refractivity contribution in [2.75, 3.05) is 25.6 Å². The van der Waals surface area contributed by atoms with E-state index in [1.807, 2.05) is 24.3 Å². The first-order chi connectivity index (χ1) is 8.33. The van der Waals surface area contributed by atoms with Gasteiger partial charge in [0.1, 0.15) is 0 Å². The molecule has 17 heavy (non-hydrogen) atoms. The van der Waals surface area contributed by atoms with Gasteiger partial charge in [-0.3, -0.25) is 0 Å². The Labute approximate surface area is 99.8 Å². The number of imidazole rings is 1. The predicted molar refractivity (Wildman–Crippen MR) is 67.1 cm³/mol. The lowest BCUT2D eigenvalue weighted by Gasteiger charge is -2.14. The van der Waals surface area contributed by atoms with Crippen molar-refractivity contribution >= 4 is 17.0 Å². The maximum absolute atomic E-state index is 9.23. The first-order valence-electron chi connectivity index (χ1n) is 5.64. The summed E-state index contributed by atoms with van der Waals surface area (Å²) in [4.78, 5) is 7.55. The number of aromatic amines is 1. The number of nitrogens with zero attached hydrogens (tertiary/aromatic N) is 1. The third kappa shape index (κ3) is 2.95. The number of anilines is 1. The summed E-state index contributed by atoms with van der Waals surface area (Å²) in [6, 6.07) is 7.77. The van der Waals surface area contributed by atoms with Gasteiger partial charge in [0.05, 0.1) is 23.7 Å². The molecule has 2 rings (SSSR count). The van der Waals surface area contributed by atoms with Gasteiger partial charge >= 0.3 is 0 Å². The second-order valence-electron chi connectivity index (χ2n) is 3.91. The van der Waals surface area contributed by atoms with Crippen molar-refractivity contribution in [3.8, 4) is 0 Å². The average Bonchev–Trinajstić information content (AvgIpc) is 2.76. The van der Waals surface area contributed by atoms with E-state index in [2.05, 4.69) is 15.3 Å². The van der Waals surface area contributed by atoms with Gasteiger partial charge in [-0.1, -0.05) is 12.1 Å². The van der Waals surface area contributed by atoms with Gasteiger partial charge < -0.3 is 20.1 Å². The number of nitrogens with one attached hydrogen (secondary N) is 2. The first-order valence-corrected chi connectivity index (χ1v) is 5.64. The highest BCUT2D eigenvalue weighted by Crippen LogP contribution is 2.14. The van der Waals surface area contributed by atoms with E-state index in [1.165, 1.54) is 0 Å². The number of H-pyrrole nitrogens is 1. The predicted octanol–water partition coefficient (Wildman–Crippen LogP) is 1.37. The molecular weight excluding hydrogens is 218 g/mol. The molecule has 1 aromatic heterocycles. The Morgan fingerprint density at radius 2 is 2.29 bits per heavy atom. The molecule has 0 spiro atoms. The largest absolute Gasteiger partial charge is 0.394 e. The molecule has 1 aromatic carbocycles. The van der Waals surface area contributed by atoms with E-state index in [1.54, 1.807) is 7.11 Å². The van der Waals surface area contributed by atoms with E-state index >= 15 is 0 Å². The van der Waals surface area contributed by atoms with Crippen molar-refractivity contribution in [3.05, 3.63) is 24.3 Å². The van der Waals surface area contributed by atoms with Crippen molar-refractivity contribution in [2.24, 2.45) is 0 Å². The number of methoxy groups -OCH3 is 1. The quantitative estimate of drug-likeness (QED) is 0.707. The van der Waals surface area contributed by atoms with Crippen molar-refractivity contribution < 1.29 is 9.84 Å². The summed E-state index contributed by atoms with van der Waals surface area (Å²) >= 11 is 0. The van der Waals surface area contributed by atoms with Gasteiger partial charge in [0.25, 0.3) is 0 Å². The molecule has 0 saturated heterocycles. The van der Waals surface area contributed by atoms with Gasteiger partial charge in [-0.05, 0) is 18.6 Å². The van der Waals surface area contributed by atoms with Crippen LogP contribution in [-0.2, 0) is 4.74 Å². The van der Waals surface area contributed by atoms with Crippen molar-refractivity contribution in [3.63, 3.8) is 0 Å². The van der Waals surface area contributed by atoms with Crippen LogP contribution in [0.5, 0.6) is 0 Å². The van der Waals surface area contributed by atoms with Crippen LogP contribution >= 0.6 is 0 Å². The molecule has 92 valence electrons. The lowest BCUT2D eigenvalue weighted by Crippen LogP contribution is -2.25. The summed E-state index contributed by atoms with van der Waals surface area (Å²) in [7, 11) is 1.65. The van der Waals surface area contributed by atoms with Gasteiger partial charge in [-0.25, -0.2) is 4.98 Å². The number of hydrogen-bond donors (Lipinski definition) is 3. The second kappa shape index (κ2) is 5.65. The second-order valence-corrected chi connectivity index (χ2v) is 3.91. The molecule has 0 aliphatic heterocycles. The molecule has 0 saturated carbocycles. The number of ether oxygens (including phenoxy) is 1. The van der Waals surface area contributed by atoms with Crippen LogP contribution in [0.3, 0.4) is 0 Å². The molecule has 0 aliphatic carbocycles. The maximum atomic E-state index is 9.23. The highest BCUT2D eigenvalue weighted by molar-refractivity contribution is 5.77. The summed E-state index contributed by atoms with van der Waals surface area (Å²) < 4.78 is 4.99. The van der Waals surface area contributed by atoms with Crippen LogP contribution in [0.1, 0.15) is 6.42 Å². The third-order valence-corrected chi connectivity index (χ3v) is 2.62. The molecule has 5 heteroatoms. The highest BCUT2D eigenvalue weighted by atomic mass is 16.5. The Morgan fingerprint density at radius 1 is 1.47 bits per heavy atom. The summed E-state index contributed by atoms with van der Waals surface area (Å²) in [5.74, 6) is 0.682. The zero-order valence-electron chi connectivity index (χ0n) is 9.81. The van der Waals surface area contributed by atoms with Gasteiger partial charge in [0.15, 0.2) is 0 Å². The minimum Gasteiger partial charge on any atom is -0.394 e. The molecule has 0 fully saturated rings. The number of fused-ring (bicyclic) bond motifs is 1. The van der Waals surface area contributed by atoms with Crippen LogP contribution in [-0.4, -0.2) is 41.4 Å². The molecule has 5 nitrogen and oxygen atoms in total. The topological polar surface area (TPSA) is 70.2 Å². The average molecular weight is 235 g/mol. The van der Waals surface area contributed by atoms with Crippen molar-refractivity contribution in [1.82, 2.24) is 9.97 Å². The lowest BCUT2D eigenvalue weighted by molar-refractivity contribution is 0.174. The molecule has 3 N–H and O–H groups in total. The number of benzene rings is 1. The van der Waals surface area contributed by atoms with Crippen LogP contribution in [0, 0.1) is 0 Å². The maximum Gasteiger partial charge on any atom is 0.201 e. The normalized spacial score (nSPS) is 12.8. The van der Waals surface area contributed by atoms with Crippen LogP contribution in [0.2, 0.25) is 0 Å². The molecule has 0 aliphatic rings. The molecular formula is C12H17N3O2. The van der Waals surface area contributed by atoms with E-state index in [-0.39, 0.29) is 12.6 Å². The summed E-state index contributed by atoms with van der Waals surface area (Å²) in [6.07, 6.45) is 0.740. The summed E-state index contributed by atoms with van der Waals surface area (Å²) in [5.41, 5.74) is 1.90. The van der Waals surface area contributed by atoms with Crippen LogP contribution < -0.4 is 5.32 Å². The third-order valence-electron chi connectivity index (χ3n) is 2.62. The van der Waals surface area contributed by atoms with Crippen molar-refractivity contribution in [1.29, 1.82) is 0 Å². The van der Waals surface area contributed by atoms with E-state index < -0.39 is 0 Å². The Bertz CT molecular complexity index is 436. The van der Waals surface area contributed by atoms with E-state index in [0.29, 0.717) is 12.6 Å². The Hall–Kier alpha value is -1.59. The summed E-state index contributed by atoms with van der Waals surface area (Å²) in [6.45, 7) is 0.666. The minimum absolute atomic E-state index is 0.0458. The molecule has 0 radical (unpaired) electrons. The molecule has 2 aromatic rings. The Kier molecular flexibility index (Phi) is 3.95. The molecule has 1 atom stereocenters.